The van der Waals surface area contributed by atoms with Crippen LogP contribution >= 0.6 is 0 Å². The zero-order valence-electron chi connectivity index (χ0n) is 14.5. The fourth-order valence-electron chi connectivity index (χ4n) is 3.18. The van der Waals surface area contributed by atoms with Crippen LogP contribution in [0, 0.1) is 17.0 Å². The fourth-order valence-corrected chi connectivity index (χ4v) is 3.18. The molecule has 0 bridgehead atoms. The summed E-state index contributed by atoms with van der Waals surface area (Å²) in [7, 11) is 3.39. The number of rotatable bonds is 4. The van der Waals surface area contributed by atoms with Gasteiger partial charge in [-0.15, -0.1) is 0 Å². The van der Waals surface area contributed by atoms with E-state index in [1.165, 1.54) is 13.2 Å². The summed E-state index contributed by atoms with van der Waals surface area (Å²) >= 11 is 0. The number of methoxy groups -OCH3 is 1. The van der Waals surface area contributed by atoms with Crippen molar-refractivity contribution in [1.29, 1.82) is 0 Å². The SMILES string of the molecule is COC(=O)Cn1nc(-c2ccc([N+](=O)[O-])c(C)c2)c2c1CCN(C)C2. The standard InChI is InChI=1S/C17H20N4O4/c1-11-8-12(4-5-14(11)21(23)24)17-13-9-19(2)7-6-15(13)20(18-17)10-16(22)25-3/h4-5,8H,6-7,9-10H2,1-3H3. The highest BCUT2D eigenvalue weighted by Gasteiger charge is 2.25. The highest BCUT2D eigenvalue weighted by Crippen LogP contribution is 2.32. The molecule has 0 aliphatic carbocycles. The summed E-state index contributed by atoms with van der Waals surface area (Å²) in [6, 6.07) is 4.99. The lowest BCUT2D eigenvalue weighted by Crippen LogP contribution is -2.28. The minimum absolute atomic E-state index is 0.0640. The molecule has 1 aliphatic rings. The molecule has 0 fully saturated rings. The molecule has 3 rings (SSSR count). The number of benzene rings is 1. The van der Waals surface area contributed by atoms with E-state index in [0.717, 1.165) is 42.0 Å². The molecule has 132 valence electrons. The van der Waals surface area contributed by atoms with Crippen LogP contribution in [-0.4, -0.2) is 46.3 Å². The Bertz CT molecular complexity index is 843. The lowest BCUT2D eigenvalue weighted by molar-refractivity contribution is -0.385. The Balaban J connectivity index is 2.08. The van der Waals surface area contributed by atoms with Crippen molar-refractivity contribution in [2.24, 2.45) is 0 Å². The molecule has 8 heteroatoms. The molecule has 2 aromatic rings. The number of fused-ring (bicyclic) bond motifs is 1. The molecule has 0 saturated carbocycles. The van der Waals surface area contributed by atoms with E-state index in [0.29, 0.717) is 5.56 Å². The topological polar surface area (TPSA) is 90.5 Å². The fraction of sp³-hybridized carbons (Fsp3) is 0.412. The van der Waals surface area contributed by atoms with Crippen molar-refractivity contribution in [2.75, 3.05) is 20.7 Å². The van der Waals surface area contributed by atoms with Crippen molar-refractivity contribution in [1.82, 2.24) is 14.7 Å². The number of aryl methyl sites for hydroxylation is 1. The number of hydrogen-bond acceptors (Lipinski definition) is 6. The summed E-state index contributed by atoms with van der Waals surface area (Å²) in [5.74, 6) is -0.351. The molecule has 2 heterocycles. The van der Waals surface area contributed by atoms with Gasteiger partial charge in [0.25, 0.3) is 5.69 Å². The van der Waals surface area contributed by atoms with Crippen molar-refractivity contribution >= 4 is 11.7 Å². The van der Waals surface area contributed by atoms with Gasteiger partial charge < -0.3 is 9.64 Å². The van der Waals surface area contributed by atoms with Gasteiger partial charge >= 0.3 is 5.97 Å². The maximum Gasteiger partial charge on any atom is 0.327 e. The first kappa shape index (κ1) is 17.1. The van der Waals surface area contributed by atoms with E-state index in [1.807, 2.05) is 7.05 Å². The summed E-state index contributed by atoms with van der Waals surface area (Å²) in [4.78, 5) is 24.5. The van der Waals surface area contributed by atoms with Gasteiger partial charge in [0.1, 0.15) is 6.54 Å². The zero-order valence-corrected chi connectivity index (χ0v) is 14.5. The van der Waals surface area contributed by atoms with Crippen LogP contribution in [0.25, 0.3) is 11.3 Å². The molecule has 0 spiro atoms. The molecule has 0 atom stereocenters. The van der Waals surface area contributed by atoms with Crippen LogP contribution in [0.1, 0.15) is 16.8 Å². The Hall–Kier alpha value is -2.74. The zero-order chi connectivity index (χ0) is 18.1. The summed E-state index contributed by atoms with van der Waals surface area (Å²) in [5, 5.41) is 15.7. The van der Waals surface area contributed by atoms with E-state index in [2.05, 4.69) is 10.00 Å². The van der Waals surface area contributed by atoms with Gasteiger partial charge in [-0.25, -0.2) is 0 Å². The number of carbonyl (C=O) groups excluding carboxylic acids is 1. The number of nitro benzene ring substituents is 1. The third-order valence-electron chi connectivity index (χ3n) is 4.50. The van der Waals surface area contributed by atoms with E-state index in [-0.39, 0.29) is 18.2 Å². The second kappa shape index (κ2) is 6.64. The Morgan fingerprint density at radius 1 is 1.44 bits per heavy atom. The van der Waals surface area contributed by atoms with Crippen LogP contribution in [0.2, 0.25) is 0 Å². The number of nitro groups is 1. The number of esters is 1. The smallest absolute Gasteiger partial charge is 0.327 e. The van der Waals surface area contributed by atoms with Crippen molar-refractivity contribution < 1.29 is 14.5 Å². The molecule has 8 nitrogen and oxygen atoms in total. The second-order valence-electron chi connectivity index (χ2n) is 6.25. The second-order valence-corrected chi connectivity index (χ2v) is 6.25. The number of aromatic nitrogens is 2. The van der Waals surface area contributed by atoms with Gasteiger partial charge in [-0.2, -0.15) is 5.10 Å². The molecular formula is C17H20N4O4. The molecular weight excluding hydrogens is 324 g/mol. The quantitative estimate of drug-likeness (QED) is 0.478. The Morgan fingerprint density at radius 3 is 2.84 bits per heavy atom. The van der Waals surface area contributed by atoms with Gasteiger partial charge in [0, 0.05) is 48.0 Å². The predicted molar refractivity (Wildman–Crippen MR) is 91.1 cm³/mol. The third kappa shape index (κ3) is 3.25. The predicted octanol–water partition coefficient (Wildman–Crippen LogP) is 1.93. The van der Waals surface area contributed by atoms with Gasteiger partial charge in [0.2, 0.25) is 0 Å². The largest absolute Gasteiger partial charge is 0.468 e. The number of ether oxygens (including phenoxy) is 1. The first-order valence-corrected chi connectivity index (χ1v) is 8.00. The molecule has 0 radical (unpaired) electrons. The number of nitrogens with zero attached hydrogens (tertiary/aromatic N) is 4. The van der Waals surface area contributed by atoms with E-state index in [9.17, 15) is 14.9 Å². The first-order valence-electron chi connectivity index (χ1n) is 8.00. The van der Waals surface area contributed by atoms with Crippen LogP contribution in [0.15, 0.2) is 18.2 Å². The van der Waals surface area contributed by atoms with Crippen molar-refractivity contribution in [3.8, 4) is 11.3 Å². The molecule has 25 heavy (non-hydrogen) atoms. The summed E-state index contributed by atoms with van der Waals surface area (Å²) in [6.07, 6.45) is 0.793. The third-order valence-corrected chi connectivity index (χ3v) is 4.50. The average molecular weight is 344 g/mol. The molecule has 1 aliphatic heterocycles. The Morgan fingerprint density at radius 2 is 2.20 bits per heavy atom. The summed E-state index contributed by atoms with van der Waals surface area (Å²) in [6.45, 7) is 3.39. The summed E-state index contributed by atoms with van der Waals surface area (Å²) < 4.78 is 6.45. The highest BCUT2D eigenvalue weighted by molar-refractivity contribution is 5.71. The normalized spacial score (nSPS) is 14.2. The van der Waals surface area contributed by atoms with Crippen LogP contribution in [0.5, 0.6) is 0 Å². The van der Waals surface area contributed by atoms with Crippen LogP contribution in [0.4, 0.5) is 5.69 Å². The van der Waals surface area contributed by atoms with Gasteiger partial charge in [-0.05, 0) is 26.1 Å². The van der Waals surface area contributed by atoms with E-state index >= 15 is 0 Å². The van der Waals surface area contributed by atoms with Crippen molar-refractivity contribution in [2.45, 2.75) is 26.4 Å². The minimum Gasteiger partial charge on any atom is -0.468 e. The first-order chi connectivity index (χ1) is 11.9. The minimum atomic E-state index is -0.391. The number of carbonyl (C=O) groups is 1. The van der Waals surface area contributed by atoms with Crippen molar-refractivity contribution in [3.05, 3.63) is 45.1 Å². The van der Waals surface area contributed by atoms with Crippen LogP contribution in [0.3, 0.4) is 0 Å². The van der Waals surface area contributed by atoms with E-state index in [4.69, 9.17) is 4.74 Å². The maximum absolute atomic E-state index is 11.7. The van der Waals surface area contributed by atoms with Gasteiger partial charge in [0.15, 0.2) is 0 Å². The molecule has 0 unspecified atom stereocenters. The lowest BCUT2D eigenvalue weighted by atomic mass is 9.99. The average Bonchev–Trinajstić information content (AvgIpc) is 2.91. The van der Waals surface area contributed by atoms with Crippen molar-refractivity contribution in [3.63, 3.8) is 0 Å². The van der Waals surface area contributed by atoms with Gasteiger partial charge in [0.05, 0.1) is 17.7 Å². The molecule has 0 N–H and O–H groups in total. The molecule has 1 aromatic heterocycles. The van der Waals surface area contributed by atoms with Crippen LogP contribution < -0.4 is 0 Å². The Labute approximate surface area is 145 Å². The molecule has 1 aromatic carbocycles. The highest BCUT2D eigenvalue weighted by atomic mass is 16.6. The molecule has 0 amide bonds. The monoisotopic (exact) mass is 344 g/mol. The van der Waals surface area contributed by atoms with E-state index in [1.54, 1.807) is 23.7 Å². The van der Waals surface area contributed by atoms with Gasteiger partial charge in [-0.3, -0.25) is 19.6 Å². The number of hydrogen-bond donors (Lipinski definition) is 0. The molecule has 0 saturated heterocycles. The van der Waals surface area contributed by atoms with Crippen LogP contribution in [-0.2, 0) is 29.0 Å². The van der Waals surface area contributed by atoms with Gasteiger partial charge in [-0.1, -0.05) is 0 Å². The lowest BCUT2D eigenvalue weighted by Gasteiger charge is -2.23. The Kier molecular flexibility index (Phi) is 4.54. The summed E-state index contributed by atoms with van der Waals surface area (Å²) in [5.41, 5.74) is 4.34. The number of likely N-dealkylation sites (N-methyl/N-ethyl adjacent to an activating group) is 1. The van der Waals surface area contributed by atoms with E-state index < -0.39 is 4.92 Å². The maximum atomic E-state index is 11.7.